The third-order valence-corrected chi connectivity index (χ3v) is 4.58. The molecule has 0 amide bonds. The van der Waals surface area contributed by atoms with Crippen LogP contribution in [0.5, 0.6) is 0 Å². The van der Waals surface area contributed by atoms with Gasteiger partial charge >= 0.3 is 29.6 Å². The van der Waals surface area contributed by atoms with Gasteiger partial charge in [0.2, 0.25) is 0 Å². The van der Waals surface area contributed by atoms with Crippen LogP contribution in [-0.2, 0) is 10.1 Å². The molecule has 0 spiro atoms. The fourth-order valence-corrected chi connectivity index (χ4v) is 2.71. The molecule has 0 rings (SSSR count). The first kappa shape index (κ1) is 22.1. The summed E-state index contributed by atoms with van der Waals surface area (Å²) >= 11 is 0. The van der Waals surface area contributed by atoms with Crippen LogP contribution in [0.4, 0.5) is 0 Å². The molecule has 19 heavy (non-hydrogen) atoms. The summed E-state index contributed by atoms with van der Waals surface area (Å²) in [6.07, 6.45) is 7.07. The van der Waals surface area contributed by atoms with Gasteiger partial charge in [0.05, 0.1) is 0 Å². The Hall–Kier alpha value is 0.830. The normalized spacial score (nSPS) is 13.9. The summed E-state index contributed by atoms with van der Waals surface area (Å²) in [7, 11) is -4.67. The molecule has 0 aliphatic carbocycles. The zero-order chi connectivity index (χ0) is 14.2. The summed E-state index contributed by atoms with van der Waals surface area (Å²) in [5.74, 6) is -0.447. The van der Waals surface area contributed by atoms with Gasteiger partial charge in [0.15, 0.2) is 4.99 Å². The Balaban J connectivity index is 0. The van der Waals surface area contributed by atoms with E-state index in [-0.39, 0.29) is 29.6 Å². The third-order valence-electron chi connectivity index (χ3n) is 3.38. The van der Waals surface area contributed by atoms with Crippen molar-refractivity contribution in [3.05, 3.63) is 0 Å². The topological polar surface area (TPSA) is 109 Å². The Morgan fingerprint density at radius 3 is 1.89 bits per heavy atom. The molecule has 0 aromatic heterocycles. The molecule has 0 aromatic rings. The first-order chi connectivity index (χ1) is 8.27. The standard InChI is InChI=1S/C12H28N2O3S.Na/c1-3-5-7-8-10-11(9-6-4-2)12(13,14)18(15,16)17;/h11H,3-10,13-14H2,1-2H3,(H,15,16,17);/q;+1/p-1. The summed E-state index contributed by atoms with van der Waals surface area (Å²) in [4.78, 5) is -2.13. The zero-order valence-electron chi connectivity index (χ0n) is 12.5. The maximum Gasteiger partial charge on any atom is 1.00 e. The van der Waals surface area contributed by atoms with E-state index in [1.807, 2.05) is 6.92 Å². The Kier molecular flexibility index (Phi) is 12.3. The van der Waals surface area contributed by atoms with Crippen molar-refractivity contribution in [2.24, 2.45) is 17.4 Å². The van der Waals surface area contributed by atoms with Gasteiger partial charge in [0.25, 0.3) is 0 Å². The van der Waals surface area contributed by atoms with E-state index in [2.05, 4.69) is 6.92 Å². The molecule has 0 aromatic carbocycles. The van der Waals surface area contributed by atoms with Crippen LogP contribution >= 0.6 is 0 Å². The van der Waals surface area contributed by atoms with E-state index in [1.54, 1.807) is 0 Å². The van der Waals surface area contributed by atoms with E-state index in [4.69, 9.17) is 11.5 Å². The van der Waals surface area contributed by atoms with Gasteiger partial charge < -0.3 is 16.0 Å². The molecule has 0 aliphatic heterocycles. The Bertz CT molecular complexity index is 321. The van der Waals surface area contributed by atoms with E-state index in [0.29, 0.717) is 12.8 Å². The van der Waals surface area contributed by atoms with Crippen LogP contribution in [0.1, 0.15) is 65.2 Å². The van der Waals surface area contributed by atoms with Crippen LogP contribution in [0, 0.1) is 5.92 Å². The molecule has 0 fully saturated rings. The van der Waals surface area contributed by atoms with Gasteiger partial charge in [-0.25, -0.2) is 8.42 Å². The quantitative estimate of drug-likeness (QED) is 0.230. The second-order valence-electron chi connectivity index (χ2n) is 5.00. The first-order valence-corrected chi connectivity index (χ1v) is 8.21. The summed E-state index contributed by atoms with van der Waals surface area (Å²) in [5, 5.41) is 0. The van der Waals surface area contributed by atoms with Crippen molar-refractivity contribution in [2.45, 2.75) is 70.2 Å². The molecule has 7 heteroatoms. The van der Waals surface area contributed by atoms with E-state index >= 15 is 0 Å². The minimum atomic E-state index is -4.67. The van der Waals surface area contributed by atoms with E-state index < -0.39 is 21.0 Å². The largest absolute Gasteiger partial charge is 1.00 e. The fourth-order valence-electron chi connectivity index (χ4n) is 2.07. The number of nitrogens with two attached hydrogens (primary N) is 2. The number of unbranched alkanes of at least 4 members (excludes halogenated alkanes) is 4. The molecule has 0 saturated carbocycles. The Labute approximate surface area is 139 Å². The van der Waals surface area contributed by atoms with E-state index in [0.717, 1.165) is 38.5 Å². The van der Waals surface area contributed by atoms with Crippen molar-refractivity contribution in [3.63, 3.8) is 0 Å². The SMILES string of the molecule is CCCCCCC(CCCC)C(N)(N)S(=O)(=O)[O-].[Na+]. The summed E-state index contributed by atoms with van der Waals surface area (Å²) in [5.41, 5.74) is 11.1. The maximum absolute atomic E-state index is 11.1. The van der Waals surface area contributed by atoms with Crippen LogP contribution in [-0.4, -0.2) is 18.0 Å². The molecular weight excluding hydrogens is 275 g/mol. The van der Waals surface area contributed by atoms with Crippen LogP contribution in [0.15, 0.2) is 0 Å². The second kappa shape index (κ2) is 10.5. The molecule has 110 valence electrons. The van der Waals surface area contributed by atoms with E-state index in [1.165, 1.54) is 0 Å². The molecule has 0 bridgehead atoms. The van der Waals surface area contributed by atoms with Gasteiger partial charge in [-0.15, -0.1) is 0 Å². The minimum Gasteiger partial charge on any atom is -0.745 e. The molecular formula is C12H27N2NaO3S. The summed E-state index contributed by atoms with van der Waals surface area (Å²) in [6, 6.07) is 0. The smallest absolute Gasteiger partial charge is 0.745 e. The van der Waals surface area contributed by atoms with Crippen LogP contribution < -0.4 is 41.0 Å². The number of hydrogen-bond acceptors (Lipinski definition) is 5. The van der Waals surface area contributed by atoms with Gasteiger partial charge in [-0.2, -0.15) is 0 Å². The molecule has 1 unspecified atom stereocenters. The second-order valence-corrected chi connectivity index (χ2v) is 6.61. The molecule has 0 saturated heterocycles. The third kappa shape index (κ3) is 7.99. The summed E-state index contributed by atoms with van der Waals surface area (Å²) < 4.78 is 33.4. The summed E-state index contributed by atoms with van der Waals surface area (Å²) in [6.45, 7) is 4.11. The van der Waals surface area contributed by atoms with Gasteiger partial charge in [-0.3, -0.25) is 0 Å². The van der Waals surface area contributed by atoms with Crippen molar-refractivity contribution < 1.29 is 42.5 Å². The van der Waals surface area contributed by atoms with Gasteiger partial charge in [-0.05, 0) is 12.8 Å². The average molecular weight is 302 g/mol. The predicted octanol–water partition coefficient (Wildman–Crippen LogP) is -1.12. The van der Waals surface area contributed by atoms with Crippen LogP contribution in [0.3, 0.4) is 0 Å². The van der Waals surface area contributed by atoms with Crippen molar-refractivity contribution in [1.82, 2.24) is 0 Å². The molecule has 1 atom stereocenters. The van der Waals surface area contributed by atoms with Gasteiger partial charge in [0, 0.05) is 5.92 Å². The maximum atomic E-state index is 11.1. The zero-order valence-corrected chi connectivity index (χ0v) is 15.3. The van der Waals surface area contributed by atoms with Gasteiger partial charge in [-0.1, -0.05) is 52.4 Å². The molecule has 5 nitrogen and oxygen atoms in total. The first-order valence-electron chi connectivity index (χ1n) is 6.80. The molecule has 0 aliphatic rings. The van der Waals surface area contributed by atoms with Crippen LogP contribution in [0.25, 0.3) is 0 Å². The van der Waals surface area contributed by atoms with Gasteiger partial charge in [0.1, 0.15) is 10.1 Å². The van der Waals surface area contributed by atoms with Crippen molar-refractivity contribution >= 4 is 10.1 Å². The Morgan fingerprint density at radius 2 is 1.47 bits per heavy atom. The number of hydrogen-bond donors (Lipinski definition) is 2. The van der Waals surface area contributed by atoms with Crippen molar-refractivity contribution in [3.8, 4) is 0 Å². The Morgan fingerprint density at radius 1 is 1.00 bits per heavy atom. The van der Waals surface area contributed by atoms with Crippen LogP contribution in [0.2, 0.25) is 0 Å². The van der Waals surface area contributed by atoms with Crippen molar-refractivity contribution in [2.75, 3.05) is 0 Å². The van der Waals surface area contributed by atoms with Crippen molar-refractivity contribution in [1.29, 1.82) is 0 Å². The number of rotatable bonds is 10. The molecule has 0 heterocycles. The average Bonchev–Trinajstić information content (AvgIpc) is 2.26. The minimum absolute atomic E-state index is 0. The predicted molar refractivity (Wildman–Crippen MR) is 72.6 cm³/mol. The monoisotopic (exact) mass is 302 g/mol. The fraction of sp³-hybridized carbons (Fsp3) is 1.00. The molecule has 0 radical (unpaired) electrons. The van der Waals surface area contributed by atoms with E-state index in [9.17, 15) is 13.0 Å². The molecule has 4 N–H and O–H groups in total.